The first-order chi connectivity index (χ1) is 16.2. The molecule has 8 heteroatoms. The van der Waals surface area contributed by atoms with Crippen LogP contribution in [0.25, 0.3) is 10.9 Å². The molecule has 2 aromatic heterocycles. The van der Waals surface area contributed by atoms with E-state index in [9.17, 15) is 14.7 Å². The van der Waals surface area contributed by atoms with Crippen LogP contribution in [0.15, 0.2) is 42.7 Å². The smallest absolute Gasteiger partial charge is 0.274 e. The van der Waals surface area contributed by atoms with E-state index in [0.717, 1.165) is 23.7 Å². The molecule has 0 unspecified atom stereocenters. The molecule has 1 saturated heterocycles. The van der Waals surface area contributed by atoms with Crippen LogP contribution in [-0.2, 0) is 11.8 Å². The topological polar surface area (TPSA) is 111 Å². The van der Waals surface area contributed by atoms with Crippen molar-refractivity contribution in [3.8, 4) is 6.07 Å². The van der Waals surface area contributed by atoms with Gasteiger partial charge < -0.3 is 19.9 Å². The number of aromatic nitrogens is 2. The van der Waals surface area contributed by atoms with Crippen molar-refractivity contribution in [3.63, 3.8) is 0 Å². The van der Waals surface area contributed by atoms with Crippen molar-refractivity contribution in [1.29, 1.82) is 5.26 Å². The van der Waals surface area contributed by atoms with Crippen LogP contribution in [0.3, 0.4) is 0 Å². The highest BCUT2D eigenvalue weighted by Crippen LogP contribution is 2.36. The van der Waals surface area contributed by atoms with E-state index in [-0.39, 0.29) is 24.1 Å². The molecule has 0 radical (unpaired) electrons. The standard InChI is InChI=1S/C26H29N5O3/c1-26(2,16-32)25(34)31-10-7-18(8-11-31)21-15-30(3)23-5-4-19(13-20(21)23)29-24(33)22-12-17(14-27)6-9-28-22/h4-6,9,12-13,15,18,32H,7-8,10-11,16H2,1-3H3,(H,29,33). The fourth-order valence-corrected chi connectivity index (χ4v) is 4.53. The number of likely N-dealkylation sites (tertiary alicyclic amines) is 1. The highest BCUT2D eigenvalue weighted by molar-refractivity contribution is 6.04. The van der Waals surface area contributed by atoms with Gasteiger partial charge in [-0.15, -0.1) is 0 Å². The summed E-state index contributed by atoms with van der Waals surface area (Å²) in [6, 6.07) is 10.9. The van der Waals surface area contributed by atoms with E-state index in [0.29, 0.717) is 30.3 Å². The lowest BCUT2D eigenvalue weighted by atomic mass is 9.86. The molecular formula is C26H29N5O3. The second-order valence-corrected chi connectivity index (χ2v) is 9.53. The summed E-state index contributed by atoms with van der Waals surface area (Å²) < 4.78 is 2.08. The average Bonchev–Trinajstić information content (AvgIpc) is 3.19. The number of carbonyl (C=O) groups is 2. The van der Waals surface area contributed by atoms with Gasteiger partial charge in [0.15, 0.2) is 0 Å². The van der Waals surface area contributed by atoms with Gasteiger partial charge in [-0.05, 0) is 68.5 Å². The lowest BCUT2D eigenvalue weighted by molar-refractivity contribution is -0.143. The predicted molar refractivity (Wildman–Crippen MR) is 129 cm³/mol. The Morgan fingerprint density at radius 1 is 1.24 bits per heavy atom. The third-order valence-corrected chi connectivity index (χ3v) is 6.60. The average molecular weight is 460 g/mol. The Balaban J connectivity index is 1.53. The number of nitrogens with one attached hydrogen (secondary N) is 1. The van der Waals surface area contributed by atoms with Crippen LogP contribution in [0.5, 0.6) is 0 Å². The molecule has 3 heterocycles. The van der Waals surface area contributed by atoms with Gasteiger partial charge in [0.1, 0.15) is 5.69 Å². The van der Waals surface area contributed by atoms with Gasteiger partial charge >= 0.3 is 0 Å². The molecule has 176 valence electrons. The van der Waals surface area contributed by atoms with Gasteiger partial charge in [-0.2, -0.15) is 5.26 Å². The fourth-order valence-electron chi connectivity index (χ4n) is 4.53. The van der Waals surface area contributed by atoms with Crippen molar-refractivity contribution in [2.45, 2.75) is 32.6 Å². The van der Waals surface area contributed by atoms with Crippen molar-refractivity contribution in [2.75, 3.05) is 25.0 Å². The van der Waals surface area contributed by atoms with Crippen LogP contribution in [0.2, 0.25) is 0 Å². The Kier molecular flexibility index (Phi) is 6.40. The van der Waals surface area contributed by atoms with Crippen molar-refractivity contribution in [3.05, 3.63) is 59.5 Å². The Bertz CT molecular complexity index is 1280. The number of aryl methyl sites for hydroxylation is 1. The van der Waals surface area contributed by atoms with E-state index in [4.69, 9.17) is 5.26 Å². The molecule has 0 spiro atoms. The molecule has 0 bridgehead atoms. The van der Waals surface area contributed by atoms with Gasteiger partial charge in [0.05, 0.1) is 23.7 Å². The number of fused-ring (bicyclic) bond motifs is 1. The molecule has 1 aliphatic rings. The summed E-state index contributed by atoms with van der Waals surface area (Å²) in [4.78, 5) is 31.3. The van der Waals surface area contributed by atoms with Gasteiger partial charge in [0, 0.05) is 49.1 Å². The Labute approximate surface area is 198 Å². The number of amides is 2. The molecule has 0 saturated carbocycles. The summed E-state index contributed by atoms with van der Waals surface area (Å²) in [6.45, 7) is 4.68. The minimum absolute atomic E-state index is 0.00885. The molecule has 0 atom stereocenters. The number of carbonyl (C=O) groups excluding carboxylic acids is 2. The van der Waals surface area contributed by atoms with Crippen molar-refractivity contribution in [1.82, 2.24) is 14.5 Å². The molecule has 0 aliphatic carbocycles. The summed E-state index contributed by atoms with van der Waals surface area (Å²) in [6.07, 6.45) is 5.26. The van der Waals surface area contributed by atoms with Crippen LogP contribution in [0.4, 0.5) is 5.69 Å². The maximum atomic E-state index is 12.7. The van der Waals surface area contributed by atoms with Crippen LogP contribution in [-0.4, -0.2) is 51.1 Å². The highest BCUT2D eigenvalue weighted by atomic mass is 16.3. The normalized spacial score (nSPS) is 14.7. The van der Waals surface area contributed by atoms with Gasteiger partial charge in [-0.3, -0.25) is 14.6 Å². The zero-order chi connectivity index (χ0) is 24.5. The number of nitrogens with zero attached hydrogens (tertiary/aromatic N) is 4. The molecule has 1 aromatic carbocycles. The van der Waals surface area contributed by atoms with Crippen molar-refractivity contribution >= 4 is 28.4 Å². The fraction of sp³-hybridized carbons (Fsp3) is 0.385. The van der Waals surface area contributed by atoms with Crippen LogP contribution < -0.4 is 5.32 Å². The van der Waals surface area contributed by atoms with E-state index in [1.54, 1.807) is 19.9 Å². The quantitative estimate of drug-likeness (QED) is 0.607. The third kappa shape index (κ3) is 4.52. The molecule has 4 rings (SSSR count). The first-order valence-corrected chi connectivity index (χ1v) is 11.4. The lowest BCUT2D eigenvalue weighted by Gasteiger charge is -2.36. The number of hydrogen-bond donors (Lipinski definition) is 2. The van der Waals surface area contributed by atoms with Gasteiger partial charge in [0.25, 0.3) is 5.91 Å². The van der Waals surface area contributed by atoms with E-state index in [1.807, 2.05) is 36.2 Å². The summed E-state index contributed by atoms with van der Waals surface area (Å²) in [7, 11) is 2.00. The van der Waals surface area contributed by atoms with Crippen LogP contribution in [0, 0.1) is 16.7 Å². The SMILES string of the molecule is Cn1cc(C2CCN(C(=O)C(C)(C)CO)CC2)c2cc(NC(=O)c3cc(C#N)ccn3)ccc21. The zero-order valence-corrected chi connectivity index (χ0v) is 19.7. The Hall–Kier alpha value is -3.70. The number of aliphatic hydroxyl groups is 1. The summed E-state index contributed by atoms with van der Waals surface area (Å²) >= 11 is 0. The molecule has 8 nitrogen and oxygen atoms in total. The minimum atomic E-state index is -0.763. The van der Waals surface area contributed by atoms with Crippen LogP contribution >= 0.6 is 0 Å². The highest BCUT2D eigenvalue weighted by Gasteiger charge is 2.34. The Morgan fingerprint density at radius 2 is 1.97 bits per heavy atom. The van der Waals surface area contributed by atoms with E-state index in [2.05, 4.69) is 21.1 Å². The van der Waals surface area contributed by atoms with E-state index in [1.165, 1.54) is 17.8 Å². The zero-order valence-electron chi connectivity index (χ0n) is 19.7. The van der Waals surface area contributed by atoms with Gasteiger partial charge in [0.2, 0.25) is 5.91 Å². The second kappa shape index (κ2) is 9.27. The second-order valence-electron chi connectivity index (χ2n) is 9.53. The molecule has 1 aliphatic heterocycles. The number of anilines is 1. The monoisotopic (exact) mass is 459 g/mol. The summed E-state index contributed by atoms with van der Waals surface area (Å²) in [5, 5.41) is 22.6. The number of rotatable bonds is 5. The number of hydrogen-bond acceptors (Lipinski definition) is 5. The molecule has 34 heavy (non-hydrogen) atoms. The van der Waals surface area contributed by atoms with Gasteiger partial charge in [-0.25, -0.2) is 0 Å². The molecule has 1 fully saturated rings. The summed E-state index contributed by atoms with van der Waals surface area (Å²) in [5.41, 5.74) is 2.74. The molecular weight excluding hydrogens is 430 g/mol. The predicted octanol–water partition coefficient (Wildman–Crippen LogP) is 3.42. The van der Waals surface area contributed by atoms with Crippen molar-refractivity contribution in [2.24, 2.45) is 12.5 Å². The largest absolute Gasteiger partial charge is 0.395 e. The molecule has 3 aromatic rings. The first kappa shape index (κ1) is 23.5. The van der Waals surface area contributed by atoms with E-state index < -0.39 is 5.41 Å². The number of benzene rings is 1. The summed E-state index contributed by atoms with van der Waals surface area (Å²) in [5.74, 6) is -0.0809. The lowest BCUT2D eigenvalue weighted by Crippen LogP contribution is -2.46. The third-order valence-electron chi connectivity index (χ3n) is 6.60. The number of nitriles is 1. The maximum absolute atomic E-state index is 12.7. The van der Waals surface area contributed by atoms with Crippen LogP contribution in [0.1, 0.15) is 54.2 Å². The molecule has 2 amide bonds. The minimum Gasteiger partial charge on any atom is -0.395 e. The van der Waals surface area contributed by atoms with E-state index >= 15 is 0 Å². The number of piperidine rings is 1. The first-order valence-electron chi connectivity index (χ1n) is 11.4. The Morgan fingerprint density at radius 3 is 2.65 bits per heavy atom. The molecule has 2 N–H and O–H groups in total. The number of pyridine rings is 1. The maximum Gasteiger partial charge on any atom is 0.274 e. The number of aliphatic hydroxyl groups excluding tert-OH is 1. The van der Waals surface area contributed by atoms with Crippen molar-refractivity contribution < 1.29 is 14.7 Å². The van der Waals surface area contributed by atoms with Gasteiger partial charge in [-0.1, -0.05) is 0 Å².